The van der Waals surface area contributed by atoms with Crippen molar-refractivity contribution in [1.29, 1.82) is 0 Å². The fourth-order valence-electron chi connectivity index (χ4n) is 2.19. The van der Waals surface area contributed by atoms with Gasteiger partial charge in [-0.25, -0.2) is 13.9 Å². The lowest BCUT2D eigenvalue weighted by atomic mass is 10.2. The zero-order valence-electron chi connectivity index (χ0n) is 9.87. The highest BCUT2D eigenvalue weighted by atomic mass is 16.4. The largest absolute Gasteiger partial charge is 0.475 e. The van der Waals surface area contributed by atoms with Gasteiger partial charge < -0.3 is 5.11 Å². The highest BCUT2D eigenvalue weighted by Crippen LogP contribution is 2.11. The Morgan fingerprint density at radius 1 is 1.40 bits per heavy atom. The number of hydrogen-bond acceptors (Lipinski definition) is 1. The Kier molecular flexibility index (Phi) is 3.50. The smallest absolute Gasteiger partial charge is 0.380 e. The summed E-state index contributed by atoms with van der Waals surface area (Å²) in [5.41, 5.74) is 1.36. The van der Waals surface area contributed by atoms with Crippen molar-refractivity contribution in [2.24, 2.45) is 0 Å². The molecule has 0 amide bonds. The Balaban J connectivity index is 3.51. The van der Waals surface area contributed by atoms with E-state index in [1.54, 1.807) is 0 Å². The lowest BCUT2D eigenvalue weighted by molar-refractivity contribution is -0.705. The first-order chi connectivity index (χ1) is 7.08. The molecule has 4 heteroatoms. The minimum Gasteiger partial charge on any atom is -0.475 e. The molecule has 0 aliphatic rings. The maximum absolute atomic E-state index is 11.2. The molecule has 15 heavy (non-hydrogen) atoms. The molecule has 1 rings (SSSR count). The minimum absolute atomic E-state index is 0.444. The van der Waals surface area contributed by atoms with E-state index in [-0.39, 0.29) is 0 Å². The molecule has 0 unspecified atom stereocenters. The van der Waals surface area contributed by atoms with E-state index in [1.807, 2.05) is 32.3 Å². The SMILES string of the molecule is CCc1c(C(=O)O)n(CC)c(C)[n+]1CC. The van der Waals surface area contributed by atoms with Crippen molar-refractivity contribution in [3.8, 4) is 0 Å². The molecule has 0 atom stereocenters. The third kappa shape index (κ3) is 1.76. The van der Waals surface area contributed by atoms with Gasteiger partial charge in [-0.3, -0.25) is 0 Å². The van der Waals surface area contributed by atoms with Crippen LogP contribution in [0, 0.1) is 6.92 Å². The summed E-state index contributed by atoms with van der Waals surface area (Å²) in [5.74, 6) is 0.193. The molecule has 1 heterocycles. The number of imidazole rings is 1. The molecule has 1 N–H and O–H groups in total. The van der Waals surface area contributed by atoms with Gasteiger partial charge in [0.2, 0.25) is 0 Å². The van der Waals surface area contributed by atoms with E-state index in [1.165, 1.54) is 0 Å². The van der Waals surface area contributed by atoms with Crippen LogP contribution in [0.25, 0.3) is 0 Å². The fraction of sp³-hybridized carbons (Fsp3) is 0.636. The van der Waals surface area contributed by atoms with Gasteiger partial charge in [0, 0.05) is 13.3 Å². The molecule has 4 nitrogen and oxygen atoms in total. The highest BCUT2D eigenvalue weighted by Gasteiger charge is 2.29. The maximum Gasteiger partial charge on any atom is 0.380 e. The molecule has 84 valence electrons. The summed E-state index contributed by atoms with van der Waals surface area (Å²) in [4.78, 5) is 11.2. The number of nitrogens with zero attached hydrogens (tertiary/aromatic N) is 2. The molecule has 0 fully saturated rings. The Hall–Kier alpha value is -1.32. The van der Waals surface area contributed by atoms with Gasteiger partial charge in [-0.05, 0) is 13.8 Å². The molecule has 0 spiro atoms. The standard InChI is InChI=1S/C11H18N2O2/c1-5-9-10(11(14)15)13(7-3)8(4)12(9)6-2/h5-7H2,1-4H3/p+1. The van der Waals surface area contributed by atoms with Crippen LogP contribution in [0.1, 0.15) is 42.8 Å². The van der Waals surface area contributed by atoms with Crippen molar-refractivity contribution >= 4 is 5.97 Å². The minimum atomic E-state index is -0.830. The van der Waals surface area contributed by atoms with Gasteiger partial charge in [0.25, 0.3) is 11.5 Å². The predicted octanol–water partition coefficient (Wildman–Crippen LogP) is 1.38. The van der Waals surface area contributed by atoms with Crippen LogP contribution >= 0.6 is 0 Å². The summed E-state index contributed by atoms with van der Waals surface area (Å²) in [6.45, 7) is 9.50. The Bertz CT molecular complexity index is 380. The van der Waals surface area contributed by atoms with Crippen LogP contribution in [0.2, 0.25) is 0 Å². The molecule has 0 saturated heterocycles. The zero-order valence-corrected chi connectivity index (χ0v) is 9.87. The number of aromatic carboxylic acids is 1. The maximum atomic E-state index is 11.2. The molecular weight excluding hydrogens is 192 g/mol. The van der Waals surface area contributed by atoms with E-state index < -0.39 is 5.97 Å². The monoisotopic (exact) mass is 211 g/mol. The van der Waals surface area contributed by atoms with E-state index in [2.05, 4.69) is 4.57 Å². The van der Waals surface area contributed by atoms with Gasteiger partial charge in [-0.1, -0.05) is 6.92 Å². The number of carbonyl (C=O) groups is 1. The lowest BCUT2D eigenvalue weighted by Crippen LogP contribution is -2.38. The molecule has 1 aromatic heterocycles. The number of aromatic nitrogens is 2. The van der Waals surface area contributed by atoms with Gasteiger partial charge in [0.15, 0.2) is 5.69 Å². The van der Waals surface area contributed by atoms with Crippen LogP contribution in [0.5, 0.6) is 0 Å². The van der Waals surface area contributed by atoms with Gasteiger partial charge in [0.05, 0.1) is 13.1 Å². The first-order valence-corrected chi connectivity index (χ1v) is 5.43. The second kappa shape index (κ2) is 4.47. The summed E-state index contributed by atoms with van der Waals surface area (Å²) < 4.78 is 3.94. The molecule has 0 aliphatic carbocycles. The molecule has 0 saturated carbocycles. The van der Waals surface area contributed by atoms with Crippen LogP contribution in [-0.4, -0.2) is 15.6 Å². The van der Waals surface area contributed by atoms with Crippen molar-refractivity contribution in [1.82, 2.24) is 4.57 Å². The summed E-state index contributed by atoms with van der Waals surface area (Å²) >= 11 is 0. The molecule has 1 aromatic rings. The number of rotatable bonds is 4. The fourth-order valence-corrected chi connectivity index (χ4v) is 2.19. The van der Waals surface area contributed by atoms with Crippen LogP contribution in [-0.2, 0) is 19.5 Å². The second-order valence-corrected chi connectivity index (χ2v) is 3.49. The Labute approximate surface area is 90.2 Å². The van der Waals surface area contributed by atoms with Crippen LogP contribution in [0.15, 0.2) is 0 Å². The summed E-state index contributed by atoms with van der Waals surface area (Å²) in [7, 11) is 0. The van der Waals surface area contributed by atoms with Crippen molar-refractivity contribution < 1.29 is 14.5 Å². The first kappa shape index (κ1) is 11.8. The molecule has 0 bridgehead atoms. The number of carboxylic acid groups (broad SMARTS) is 1. The first-order valence-electron chi connectivity index (χ1n) is 5.43. The molecule has 0 aliphatic heterocycles. The van der Waals surface area contributed by atoms with E-state index >= 15 is 0 Å². The van der Waals surface area contributed by atoms with E-state index in [0.29, 0.717) is 12.2 Å². The van der Waals surface area contributed by atoms with E-state index in [4.69, 9.17) is 0 Å². The molecule has 0 radical (unpaired) electrons. The third-order valence-corrected chi connectivity index (χ3v) is 2.82. The van der Waals surface area contributed by atoms with Crippen LogP contribution in [0.3, 0.4) is 0 Å². The number of hydrogen-bond donors (Lipinski definition) is 1. The summed E-state index contributed by atoms with van der Waals surface area (Å²) in [5, 5.41) is 9.21. The van der Waals surface area contributed by atoms with E-state index in [0.717, 1.165) is 24.5 Å². The normalized spacial score (nSPS) is 10.7. The molecular formula is C11H19N2O2+. The topological polar surface area (TPSA) is 46.1 Å². The average Bonchev–Trinajstić information content (AvgIpc) is 2.49. The summed E-state index contributed by atoms with van der Waals surface area (Å²) in [6.07, 6.45) is 0.753. The van der Waals surface area contributed by atoms with Crippen LogP contribution < -0.4 is 4.57 Å². The quantitative estimate of drug-likeness (QED) is 0.765. The second-order valence-electron chi connectivity index (χ2n) is 3.49. The van der Waals surface area contributed by atoms with Crippen molar-refractivity contribution in [3.63, 3.8) is 0 Å². The van der Waals surface area contributed by atoms with Crippen molar-refractivity contribution in [3.05, 3.63) is 17.2 Å². The zero-order chi connectivity index (χ0) is 11.6. The van der Waals surface area contributed by atoms with Gasteiger partial charge in [-0.2, -0.15) is 0 Å². The van der Waals surface area contributed by atoms with Crippen molar-refractivity contribution in [2.75, 3.05) is 0 Å². The lowest BCUT2D eigenvalue weighted by Gasteiger charge is -1.96. The van der Waals surface area contributed by atoms with Gasteiger partial charge in [-0.15, -0.1) is 0 Å². The van der Waals surface area contributed by atoms with E-state index in [9.17, 15) is 9.90 Å². The highest BCUT2D eigenvalue weighted by molar-refractivity contribution is 5.86. The Morgan fingerprint density at radius 2 is 2.00 bits per heavy atom. The molecule has 0 aromatic carbocycles. The van der Waals surface area contributed by atoms with Gasteiger partial charge in [0.1, 0.15) is 0 Å². The number of carboxylic acids is 1. The summed E-state index contributed by atoms with van der Waals surface area (Å²) in [6, 6.07) is 0. The van der Waals surface area contributed by atoms with Crippen molar-refractivity contribution in [2.45, 2.75) is 47.2 Å². The Morgan fingerprint density at radius 3 is 2.33 bits per heavy atom. The predicted molar refractivity (Wildman–Crippen MR) is 57.0 cm³/mol. The average molecular weight is 211 g/mol. The van der Waals surface area contributed by atoms with Crippen LogP contribution in [0.4, 0.5) is 0 Å². The van der Waals surface area contributed by atoms with Gasteiger partial charge >= 0.3 is 5.97 Å². The third-order valence-electron chi connectivity index (χ3n) is 2.82.